The maximum Gasteiger partial charge on any atom is 0.280 e. The molecule has 0 saturated carbocycles. The highest BCUT2D eigenvalue weighted by atomic mass is 32.2. The van der Waals surface area contributed by atoms with E-state index in [-0.39, 0.29) is 0 Å². The van der Waals surface area contributed by atoms with Crippen molar-refractivity contribution in [2.45, 2.75) is 12.7 Å². The van der Waals surface area contributed by atoms with Gasteiger partial charge in [0.2, 0.25) is 0 Å². The van der Waals surface area contributed by atoms with Crippen LogP contribution in [0.15, 0.2) is 16.9 Å². The minimum Gasteiger partial charge on any atom is -0.382 e. The zero-order valence-corrected chi connectivity index (χ0v) is 9.57. The number of hydrogen-bond acceptors (Lipinski definition) is 7. The molecule has 0 aliphatic rings. The molecule has 0 amide bonds. The molecule has 0 unspecified atom stereocenters. The molecule has 2 aromatic heterocycles. The van der Waals surface area contributed by atoms with Crippen molar-refractivity contribution in [3.05, 3.63) is 18.2 Å². The molecular weight excluding hydrogens is 226 g/mol. The second kappa shape index (κ2) is 4.93. The van der Waals surface area contributed by atoms with Crippen LogP contribution in [0.4, 0.5) is 5.82 Å². The molecule has 0 radical (unpaired) electrons. The summed E-state index contributed by atoms with van der Waals surface area (Å²) >= 11 is 1.72. The highest BCUT2D eigenvalue weighted by Crippen LogP contribution is 2.19. The van der Waals surface area contributed by atoms with Gasteiger partial charge in [-0.3, -0.25) is 0 Å². The van der Waals surface area contributed by atoms with Gasteiger partial charge in [-0.2, -0.15) is 16.7 Å². The van der Waals surface area contributed by atoms with Crippen LogP contribution in [-0.4, -0.2) is 25.9 Å². The highest BCUT2D eigenvalue weighted by molar-refractivity contribution is 7.98. The van der Waals surface area contributed by atoms with Gasteiger partial charge in [-0.25, -0.2) is 9.97 Å². The normalized spacial score (nSPS) is 10.6. The Morgan fingerprint density at radius 3 is 2.94 bits per heavy atom. The largest absolute Gasteiger partial charge is 0.382 e. The minimum absolute atomic E-state index is 0.292. The molecule has 0 spiro atoms. The lowest BCUT2D eigenvalue weighted by Gasteiger charge is -1.95. The van der Waals surface area contributed by atoms with Crippen molar-refractivity contribution in [1.29, 1.82) is 0 Å². The third-order valence-electron chi connectivity index (χ3n) is 1.83. The summed E-state index contributed by atoms with van der Waals surface area (Å²) < 4.78 is 5.07. The van der Waals surface area contributed by atoms with E-state index in [1.165, 1.54) is 12.4 Å². The average Bonchev–Trinajstić information content (AvgIpc) is 2.75. The Morgan fingerprint density at radius 2 is 2.19 bits per heavy atom. The Balaban J connectivity index is 2.22. The van der Waals surface area contributed by atoms with Gasteiger partial charge < -0.3 is 10.3 Å². The van der Waals surface area contributed by atoms with E-state index in [1.54, 1.807) is 11.8 Å². The Kier molecular flexibility index (Phi) is 3.35. The predicted octanol–water partition coefficient (Wildman–Crippen LogP) is 1.36. The summed E-state index contributed by atoms with van der Waals surface area (Å²) in [5, 5.41) is 3.84. The second-order valence-corrected chi connectivity index (χ2v) is 4.22. The Bertz CT molecular complexity index is 472. The maximum atomic E-state index is 5.66. The lowest BCUT2D eigenvalue weighted by Crippen LogP contribution is -1.96. The molecule has 7 heteroatoms. The van der Waals surface area contributed by atoms with Crippen molar-refractivity contribution in [1.82, 2.24) is 20.1 Å². The van der Waals surface area contributed by atoms with Gasteiger partial charge in [0, 0.05) is 12.4 Å². The number of hydrogen-bond donors (Lipinski definition) is 1. The van der Waals surface area contributed by atoms with Gasteiger partial charge in [0.05, 0.1) is 5.75 Å². The van der Waals surface area contributed by atoms with Crippen LogP contribution in [0.1, 0.15) is 12.7 Å². The van der Waals surface area contributed by atoms with Gasteiger partial charge in [0.15, 0.2) is 17.3 Å². The van der Waals surface area contributed by atoms with Gasteiger partial charge in [-0.1, -0.05) is 12.1 Å². The fourth-order valence-electron chi connectivity index (χ4n) is 1.12. The van der Waals surface area contributed by atoms with Crippen LogP contribution in [0.2, 0.25) is 0 Å². The lowest BCUT2D eigenvalue weighted by molar-refractivity contribution is 0.424. The van der Waals surface area contributed by atoms with Crippen molar-refractivity contribution in [3.8, 4) is 11.6 Å². The molecule has 6 nitrogen and oxygen atoms in total. The van der Waals surface area contributed by atoms with E-state index >= 15 is 0 Å². The summed E-state index contributed by atoms with van der Waals surface area (Å²) in [5.41, 5.74) is 6.09. The molecule has 84 valence electrons. The number of thioether (sulfide) groups is 1. The topological polar surface area (TPSA) is 90.7 Å². The molecule has 2 heterocycles. The first-order valence-corrected chi connectivity index (χ1v) is 5.94. The molecule has 2 rings (SSSR count). The molecule has 0 bridgehead atoms. The number of rotatable bonds is 4. The summed E-state index contributed by atoms with van der Waals surface area (Å²) in [5.74, 6) is 2.99. The summed E-state index contributed by atoms with van der Waals surface area (Å²) in [6.45, 7) is 2.08. The van der Waals surface area contributed by atoms with Gasteiger partial charge in [-0.15, -0.1) is 0 Å². The van der Waals surface area contributed by atoms with Crippen molar-refractivity contribution >= 4 is 17.6 Å². The van der Waals surface area contributed by atoms with Gasteiger partial charge in [-0.05, 0) is 5.75 Å². The zero-order chi connectivity index (χ0) is 11.4. The number of nitrogen functional groups attached to an aromatic ring is 1. The molecule has 16 heavy (non-hydrogen) atoms. The van der Waals surface area contributed by atoms with E-state index < -0.39 is 0 Å². The van der Waals surface area contributed by atoms with Crippen LogP contribution in [0.25, 0.3) is 11.6 Å². The average molecular weight is 237 g/mol. The van der Waals surface area contributed by atoms with Crippen LogP contribution in [0.3, 0.4) is 0 Å². The van der Waals surface area contributed by atoms with Crippen molar-refractivity contribution in [2.75, 3.05) is 11.5 Å². The van der Waals surface area contributed by atoms with Gasteiger partial charge in [0.1, 0.15) is 0 Å². The molecule has 0 aliphatic carbocycles. The van der Waals surface area contributed by atoms with Gasteiger partial charge >= 0.3 is 0 Å². The van der Waals surface area contributed by atoms with Crippen molar-refractivity contribution < 1.29 is 4.52 Å². The monoisotopic (exact) mass is 237 g/mol. The minimum atomic E-state index is 0.292. The number of nitrogens with two attached hydrogens (primary N) is 1. The molecule has 0 aromatic carbocycles. The van der Waals surface area contributed by atoms with E-state index in [0.717, 1.165) is 11.5 Å². The molecule has 0 saturated heterocycles. The van der Waals surface area contributed by atoms with Crippen molar-refractivity contribution in [3.63, 3.8) is 0 Å². The van der Waals surface area contributed by atoms with Crippen LogP contribution in [0.5, 0.6) is 0 Å². The van der Waals surface area contributed by atoms with Crippen LogP contribution in [-0.2, 0) is 5.75 Å². The molecule has 0 atom stereocenters. The summed E-state index contributed by atoms with van der Waals surface area (Å²) in [4.78, 5) is 12.2. The standard InChI is InChI=1S/C9H11N5OS/c1-2-16-5-6-13-9(15-14-6)7-8(10)12-4-3-11-7/h3-4H,2,5H2,1H3,(H2,10,12). The fraction of sp³-hybridized carbons (Fsp3) is 0.333. The van der Waals surface area contributed by atoms with E-state index in [1.807, 2.05) is 0 Å². The van der Waals surface area contributed by atoms with Crippen LogP contribution in [0, 0.1) is 0 Å². The SMILES string of the molecule is CCSCc1noc(-c2nccnc2N)n1. The zero-order valence-electron chi connectivity index (χ0n) is 8.75. The first-order valence-electron chi connectivity index (χ1n) is 4.78. The van der Waals surface area contributed by atoms with E-state index in [2.05, 4.69) is 27.0 Å². The smallest absolute Gasteiger partial charge is 0.280 e. The number of nitrogens with zero attached hydrogens (tertiary/aromatic N) is 4. The molecule has 2 aromatic rings. The summed E-state index contributed by atoms with van der Waals surface area (Å²) in [7, 11) is 0. The summed E-state index contributed by atoms with van der Waals surface area (Å²) in [6, 6.07) is 0. The third kappa shape index (κ3) is 2.30. The van der Waals surface area contributed by atoms with Crippen molar-refractivity contribution in [2.24, 2.45) is 0 Å². The first kappa shape index (κ1) is 10.9. The Hall–Kier alpha value is -1.63. The second-order valence-electron chi connectivity index (χ2n) is 2.94. The Morgan fingerprint density at radius 1 is 1.38 bits per heavy atom. The van der Waals surface area contributed by atoms with Gasteiger partial charge in [0.25, 0.3) is 5.89 Å². The highest BCUT2D eigenvalue weighted by Gasteiger charge is 2.13. The summed E-state index contributed by atoms with van der Waals surface area (Å²) in [6.07, 6.45) is 3.05. The van der Waals surface area contributed by atoms with E-state index in [9.17, 15) is 0 Å². The number of anilines is 1. The van der Waals surface area contributed by atoms with E-state index in [4.69, 9.17) is 10.3 Å². The first-order chi connectivity index (χ1) is 7.81. The molecule has 0 fully saturated rings. The third-order valence-corrected chi connectivity index (χ3v) is 2.70. The lowest BCUT2D eigenvalue weighted by atomic mass is 10.4. The van der Waals surface area contributed by atoms with E-state index in [0.29, 0.717) is 23.2 Å². The van der Waals surface area contributed by atoms with Crippen LogP contribution >= 0.6 is 11.8 Å². The molecular formula is C9H11N5OS. The number of aromatic nitrogens is 4. The maximum absolute atomic E-state index is 5.66. The quantitative estimate of drug-likeness (QED) is 0.858. The molecule has 2 N–H and O–H groups in total. The van der Waals surface area contributed by atoms with Crippen LogP contribution < -0.4 is 5.73 Å². The molecule has 0 aliphatic heterocycles. The predicted molar refractivity (Wildman–Crippen MR) is 61.6 cm³/mol. The fourth-order valence-corrected chi connectivity index (χ4v) is 1.62. The Labute approximate surface area is 96.7 Å².